The first kappa shape index (κ1) is 7.74. The molecule has 0 radical (unpaired) electrons. The number of aromatic nitrogens is 1. The third-order valence-corrected chi connectivity index (χ3v) is 2.54. The molecule has 0 aromatic carbocycles. The maximum absolute atomic E-state index is 6.06. The summed E-state index contributed by atoms with van der Waals surface area (Å²) < 4.78 is 0. The zero-order valence-corrected chi connectivity index (χ0v) is 7.33. The molecule has 1 aliphatic rings. The Bertz CT molecular complexity index is 279. The topological polar surface area (TPSA) is 38.9 Å². The number of hydrogen-bond acceptors (Lipinski definition) is 2. The molecule has 2 heteroatoms. The number of hydrogen-bond donors (Lipinski definition) is 1. The van der Waals surface area contributed by atoms with Crippen LogP contribution in [-0.2, 0) is 0 Å². The van der Waals surface area contributed by atoms with Gasteiger partial charge in [-0.25, -0.2) is 0 Å². The molecule has 1 aromatic heterocycles. The van der Waals surface area contributed by atoms with Crippen LogP contribution in [0.25, 0.3) is 0 Å². The van der Waals surface area contributed by atoms with Gasteiger partial charge < -0.3 is 5.73 Å². The molecule has 0 saturated heterocycles. The summed E-state index contributed by atoms with van der Waals surface area (Å²) in [7, 11) is 0. The van der Waals surface area contributed by atoms with Gasteiger partial charge in [0.15, 0.2) is 0 Å². The van der Waals surface area contributed by atoms with Crippen molar-refractivity contribution in [2.45, 2.75) is 25.8 Å². The Morgan fingerprint density at radius 3 is 2.92 bits per heavy atom. The van der Waals surface area contributed by atoms with Crippen LogP contribution in [-0.4, -0.2) is 4.98 Å². The van der Waals surface area contributed by atoms with Crippen LogP contribution in [0.4, 0.5) is 0 Å². The molecular formula is C10H14N2. The van der Waals surface area contributed by atoms with E-state index in [1.54, 1.807) is 0 Å². The van der Waals surface area contributed by atoms with Crippen molar-refractivity contribution < 1.29 is 0 Å². The van der Waals surface area contributed by atoms with Gasteiger partial charge in [0.1, 0.15) is 0 Å². The van der Waals surface area contributed by atoms with Gasteiger partial charge in [-0.3, -0.25) is 4.98 Å². The van der Waals surface area contributed by atoms with Crippen molar-refractivity contribution >= 4 is 0 Å². The van der Waals surface area contributed by atoms with Crippen LogP contribution in [0, 0.1) is 12.8 Å². The molecule has 2 rings (SSSR count). The summed E-state index contributed by atoms with van der Waals surface area (Å²) in [5.74, 6) is 0.716. The van der Waals surface area contributed by atoms with Gasteiger partial charge in [-0.05, 0) is 37.3 Å². The Balaban J connectivity index is 2.25. The third-order valence-electron chi connectivity index (χ3n) is 2.54. The number of rotatable bonds is 2. The predicted molar refractivity (Wildman–Crippen MR) is 48.6 cm³/mol. The fourth-order valence-electron chi connectivity index (χ4n) is 1.56. The van der Waals surface area contributed by atoms with E-state index in [0.29, 0.717) is 5.92 Å². The van der Waals surface area contributed by atoms with Gasteiger partial charge >= 0.3 is 0 Å². The van der Waals surface area contributed by atoms with Crippen LogP contribution in [0.1, 0.15) is 30.1 Å². The first-order valence-corrected chi connectivity index (χ1v) is 4.46. The molecule has 0 bridgehead atoms. The fourth-order valence-corrected chi connectivity index (χ4v) is 1.56. The number of nitrogens with two attached hydrogens (primary N) is 1. The number of pyridine rings is 1. The monoisotopic (exact) mass is 162 g/mol. The van der Waals surface area contributed by atoms with E-state index in [9.17, 15) is 0 Å². The van der Waals surface area contributed by atoms with Crippen LogP contribution in [0.2, 0.25) is 0 Å². The summed E-state index contributed by atoms with van der Waals surface area (Å²) in [6.45, 7) is 2.03. The molecule has 1 aliphatic carbocycles. The van der Waals surface area contributed by atoms with Crippen LogP contribution in [0.3, 0.4) is 0 Å². The van der Waals surface area contributed by atoms with E-state index in [2.05, 4.69) is 11.1 Å². The van der Waals surface area contributed by atoms with Gasteiger partial charge in [-0.1, -0.05) is 6.07 Å². The lowest BCUT2D eigenvalue weighted by molar-refractivity contribution is 0.626. The smallest absolute Gasteiger partial charge is 0.0420 e. The first-order chi connectivity index (χ1) is 5.79. The van der Waals surface area contributed by atoms with Crippen molar-refractivity contribution in [3.63, 3.8) is 0 Å². The SMILES string of the molecule is Cc1ncccc1[C@H](N)C1CC1. The fraction of sp³-hybridized carbons (Fsp3) is 0.500. The van der Waals surface area contributed by atoms with E-state index in [1.165, 1.54) is 18.4 Å². The molecule has 2 nitrogen and oxygen atoms in total. The predicted octanol–water partition coefficient (Wildman–Crippen LogP) is 1.80. The first-order valence-electron chi connectivity index (χ1n) is 4.46. The minimum atomic E-state index is 0.221. The normalized spacial score (nSPS) is 19.2. The molecule has 64 valence electrons. The average Bonchev–Trinajstić information content (AvgIpc) is 2.86. The van der Waals surface area contributed by atoms with Gasteiger partial charge in [0.2, 0.25) is 0 Å². The van der Waals surface area contributed by atoms with Crippen molar-refractivity contribution in [1.29, 1.82) is 0 Å². The molecule has 1 fully saturated rings. The summed E-state index contributed by atoms with van der Waals surface area (Å²) in [5, 5.41) is 0. The summed E-state index contributed by atoms with van der Waals surface area (Å²) in [5.41, 5.74) is 8.36. The van der Waals surface area contributed by atoms with E-state index < -0.39 is 0 Å². The van der Waals surface area contributed by atoms with E-state index in [-0.39, 0.29) is 6.04 Å². The van der Waals surface area contributed by atoms with Crippen molar-refractivity contribution in [3.05, 3.63) is 29.6 Å². The Morgan fingerprint density at radius 1 is 1.58 bits per heavy atom. The molecule has 12 heavy (non-hydrogen) atoms. The lowest BCUT2D eigenvalue weighted by Crippen LogP contribution is -2.14. The highest BCUT2D eigenvalue weighted by Crippen LogP contribution is 2.39. The third kappa shape index (κ3) is 1.34. The zero-order chi connectivity index (χ0) is 8.55. The van der Waals surface area contributed by atoms with Crippen molar-refractivity contribution in [1.82, 2.24) is 4.98 Å². The minimum Gasteiger partial charge on any atom is -0.324 e. The molecule has 1 aromatic rings. The van der Waals surface area contributed by atoms with Gasteiger partial charge in [0, 0.05) is 17.9 Å². The highest BCUT2D eigenvalue weighted by atomic mass is 14.7. The van der Waals surface area contributed by atoms with E-state index in [4.69, 9.17) is 5.73 Å². The lowest BCUT2D eigenvalue weighted by Gasteiger charge is -2.11. The minimum absolute atomic E-state index is 0.221. The standard InChI is InChI=1S/C10H14N2/c1-7-9(3-2-6-12-7)10(11)8-4-5-8/h2-3,6,8,10H,4-5,11H2,1H3/t10-/m1/s1. The van der Waals surface area contributed by atoms with E-state index in [1.807, 2.05) is 19.2 Å². The van der Waals surface area contributed by atoms with E-state index >= 15 is 0 Å². The Morgan fingerprint density at radius 2 is 2.33 bits per heavy atom. The summed E-state index contributed by atoms with van der Waals surface area (Å²) in [4.78, 5) is 4.23. The second-order valence-corrected chi connectivity index (χ2v) is 3.54. The van der Waals surface area contributed by atoms with Gasteiger partial charge in [-0.15, -0.1) is 0 Å². The number of aryl methyl sites for hydroxylation is 1. The quantitative estimate of drug-likeness (QED) is 0.720. The van der Waals surface area contributed by atoms with E-state index in [0.717, 1.165) is 5.69 Å². The Labute approximate surface area is 72.8 Å². The summed E-state index contributed by atoms with van der Waals surface area (Å²) >= 11 is 0. The molecule has 2 N–H and O–H groups in total. The number of nitrogens with zero attached hydrogens (tertiary/aromatic N) is 1. The largest absolute Gasteiger partial charge is 0.324 e. The zero-order valence-electron chi connectivity index (χ0n) is 7.33. The molecule has 0 spiro atoms. The molecule has 1 atom stereocenters. The molecule has 1 saturated carbocycles. The highest BCUT2D eigenvalue weighted by Gasteiger charge is 2.30. The van der Waals surface area contributed by atoms with Crippen LogP contribution in [0.15, 0.2) is 18.3 Å². The maximum atomic E-state index is 6.06. The van der Waals surface area contributed by atoms with Gasteiger partial charge in [-0.2, -0.15) is 0 Å². The Kier molecular flexibility index (Phi) is 1.85. The molecule has 0 amide bonds. The summed E-state index contributed by atoms with van der Waals surface area (Å²) in [6.07, 6.45) is 4.39. The van der Waals surface area contributed by atoms with Crippen molar-refractivity contribution in [2.75, 3.05) is 0 Å². The Hall–Kier alpha value is -0.890. The van der Waals surface area contributed by atoms with Crippen LogP contribution >= 0.6 is 0 Å². The highest BCUT2D eigenvalue weighted by molar-refractivity contribution is 5.23. The van der Waals surface area contributed by atoms with Crippen LogP contribution in [0.5, 0.6) is 0 Å². The van der Waals surface area contributed by atoms with Crippen molar-refractivity contribution in [2.24, 2.45) is 11.7 Å². The molecule has 1 heterocycles. The van der Waals surface area contributed by atoms with Crippen LogP contribution < -0.4 is 5.73 Å². The van der Waals surface area contributed by atoms with Crippen molar-refractivity contribution in [3.8, 4) is 0 Å². The lowest BCUT2D eigenvalue weighted by atomic mass is 10.0. The average molecular weight is 162 g/mol. The maximum Gasteiger partial charge on any atom is 0.0420 e. The summed E-state index contributed by atoms with van der Waals surface area (Å²) in [6, 6.07) is 4.27. The molecule has 0 aliphatic heterocycles. The molecular weight excluding hydrogens is 148 g/mol. The van der Waals surface area contributed by atoms with Gasteiger partial charge in [0.25, 0.3) is 0 Å². The second kappa shape index (κ2) is 2.87. The molecule has 0 unspecified atom stereocenters. The van der Waals surface area contributed by atoms with Gasteiger partial charge in [0.05, 0.1) is 0 Å². The second-order valence-electron chi connectivity index (χ2n) is 3.54.